The molecule has 7 heteroatoms. The summed E-state index contributed by atoms with van der Waals surface area (Å²) in [5.74, 6) is -0.200. The number of fused-ring (bicyclic) bond motifs is 1. The van der Waals surface area contributed by atoms with E-state index in [0.29, 0.717) is 21.6 Å². The summed E-state index contributed by atoms with van der Waals surface area (Å²) in [6.07, 6.45) is 4.66. The van der Waals surface area contributed by atoms with Gasteiger partial charge in [-0.3, -0.25) is 19.1 Å². The third-order valence-electron chi connectivity index (χ3n) is 3.32. The molecule has 3 rings (SSSR count). The Kier molecular flexibility index (Phi) is 4.34. The van der Waals surface area contributed by atoms with Gasteiger partial charge in [0.2, 0.25) is 5.91 Å². The monoisotopic (exact) mass is 328 g/mol. The number of hydrogen-bond acceptors (Lipinski definition) is 4. The summed E-state index contributed by atoms with van der Waals surface area (Å²) >= 11 is 5.87. The van der Waals surface area contributed by atoms with E-state index < -0.39 is 0 Å². The van der Waals surface area contributed by atoms with Crippen LogP contribution >= 0.6 is 11.6 Å². The number of aromatic nitrogens is 3. The second-order valence-corrected chi connectivity index (χ2v) is 5.38. The van der Waals surface area contributed by atoms with Gasteiger partial charge < -0.3 is 5.32 Å². The summed E-state index contributed by atoms with van der Waals surface area (Å²) in [4.78, 5) is 32.4. The first-order valence-corrected chi connectivity index (χ1v) is 7.36. The molecule has 1 N–H and O–H groups in total. The number of nitrogens with one attached hydrogen (secondary N) is 1. The van der Waals surface area contributed by atoms with Gasteiger partial charge in [-0.25, -0.2) is 4.98 Å². The Hall–Kier alpha value is -2.73. The van der Waals surface area contributed by atoms with E-state index in [2.05, 4.69) is 15.3 Å². The lowest BCUT2D eigenvalue weighted by molar-refractivity contribution is -0.116. The van der Waals surface area contributed by atoms with Crippen LogP contribution in [0.15, 0.2) is 53.8 Å². The van der Waals surface area contributed by atoms with Gasteiger partial charge in [0.25, 0.3) is 5.56 Å². The van der Waals surface area contributed by atoms with Crippen molar-refractivity contribution >= 4 is 34.1 Å². The molecule has 0 saturated carbocycles. The first-order chi connectivity index (χ1) is 11.1. The molecule has 116 valence electrons. The molecule has 0 atom stereocenters. The van der Waals surface area contributed by atoms with E-state index in [-0.39, 0.29) is 24.4 Å². The van der Waals surface area contributed by atoms with Gasteiger partial charge >= 0.3 is 0 Å². The SMILES string of the molecule is O=C(CCn1cnc2cnccc2c1=O)Nc1cccc(Cl)c1. The third-order valence-corrected chi connectivity index (χ3v) is 3.55. The second-order valence-electron chi connectivity index (χ2n) is 4.94. The van der Waals surface area contributed by atoms with Gasteiger partial charge in [-0.1, -0.05) is 17.7 Å². The van der Waals surface area contributed by atoms with Crippen LogP contribution in [0.5, 0.6) is 0 Å². The minimum Gasteiger partial charge on any atom is -0.326 e. The van der Waals surface area contributed by atoms with Gasteiger partial charge in [0.15, 0.2) is 0 Å². The molecule has 0 aliphatic carbocycles. The highest BCUT2D eigenvalue weighted by Gasteiger charge is 2.07. The Morgan fingerprint density at radius 3 is 3.00 bits per heavy atom. The van der Waals surface area contributed by atoms with Gasteiger partial charge in [0, 0.05) is 29.9 Å². The molecular formula is C16H13ClN4O2. The van der Waals surface area contributed by atoms with Crippen molar-refractivity contribution in [2.24, 2.45) is 0 Å². The fourth-order valence-electron chi connectivity index (χ4n) is 2.18. The van der Waals surface area contributed by atoms with Crippen molar-refractivity contribution in [2.75, 3.05) is 5.32 Å². The molecule has 23 heavy (non-hydrogen) atoms. The molecule has 3 aromatic rings. The fraction of sp³-hybridized carbons (Fsp3) is 0.125. The van der Waals surface area contributed by atoms with Crippen molar-refractivity contribution in [1.82, 2.24) is 14.5 Å². The Morgan fingerprint density at radius 2 is 2.17 bits per heavy atom. The van der Waals surface area contributed by atoms with Crippen LogP contribution in [0.1, 0.15) is 6.42 Å². The number of anilines is 1. The Labute approximate surface area is 136 Å². The number of hydrogen-bond donors (Lipinski definition) is 1. The molecule has 0 aliphatic rings. The van der Waals surface area contributed by atoms with Crippen LogP contribution in [0.3, 0.4) is 0 Å². The van der Waals surface area contributed by atoms with Crippen LogP contribution in [-0.2, 0) is 11.3 Å². The average molecular weight is 329 g/mol. The van der Waals surface area contributed by atoms with Crippen LogP contribution in [0.25, 0.3) is 10.9 Å². The highest BCUT2D eigenvalue weighted by Crippen LogP contribution is 2.15. The molecule has 0 unspecified atom stereocenters. The van der Waals surface area contributed by atoms with E-state index in [1.54, 1.807) is 36.5 Å². The van der Waals surface area contributed by atoms with Crippen molar-refractivity contribution in [3.63, 3.8) is 0 Å². The maximum absolute atomic E-state index is 12.3. The van der Waals surface area contributed by atoms with Crippen molar-refractivity contribution in [1.29, 1.82) is 0 Å². The third kappa shape index (κ3) is 3.54. The lowest BCUT2D eigenvalue weighted by Crippen LogP contribution is -2.23. The number of carbonyl (C=O) groups excluding carboxylic acids is 1. The number of aryl methyl sites for hydroxylation is 1. The predicted octanol–water partition coefficient (Wildman–Crippen LogP) is 2.47. The summed E-state index contributed by atoms with van der Waals surface area (Å²) in [6, 6.07) is 8.51. The minimum atomic E-state index is -0.200. The van der Waals surface area contributed by atoms with Crippen molar-refractivity contribution in [3.8, 4) is 0 Å². The van der Waals surface area contributed by atoms with E-state index in [9.17, 15) is 9.59 Å². The first-order valence-electron chi connectivity index (χ1n) is 6.98. The second kappa shape index (κ2) is 6.58. The predicted molar refractivity (Wildman–Crippen MR) is 88.5 cm³/mol. The smallest absolute Gasteiger partial charge is 0.261 e. The standard InChI is InChI=1S/C16H13ClN4O2/c17-11-2-1-3-12(8-11)20-15(22)5-7-21-10-19-14-9-18-6-4-13(14)16(21)23/h1-4,6,8-10H,5,7H2,(H,20,22). The Bertz CT molecular complexity index is 923. The van der Waals surface area contributed by atoms with Crippen molar-refractivity contribution in [2.45, 2.75) is 13.0 Å². The molecule has 0 aliphatic heterocycles. The number of benzene rings is 1. The molecule has 2 aromatic heterocycles. The Balaban J connectivity index is 1.70. The van der Waals surface area contributed by atoms with Gasteiger partial charge in [0.05, 0.1) is 23.4 Å². The lowest BCUT2D eigenvalue weighted by atomic mass is 10.3. The van der Waals surface area contributed by atoms with Gasteiger partial charge in [0.1, 0.15) is 0 Å². The highest BCUT2D eigenvalue weighted by atomic mass is 35.5. The molecule has 0 spiro atoms. The highest BCUT2D eigenvalue weighted by molar-refractivity contribution is 6.30. The molecule has 2 heterocycles. The minimum absolute atomic E-state index is 0.157. The molecule has 0 saturated heterocycles. The zero-order chi connectivity index (χ0) is 16.2. The zero-order valence-electron chi connectivity index (χ0n) is 12.1. The number of halogens is 1. The number of carbonyl (C=O) groups is 1. The van der Waals surface area contributed by atoms with Gasteiger partial charge in [-0.05, 0) is 24.3 Å². The lowest BCUT2D eigenvalue weighted by Gasteiger charge is -2.08. The summed E-state index contributed by atoms with van der Waals surface area (Å²) in [6.45, 7) is 0.247. The van der Waals surface area contributed by atoms with Gasteiger partial charge in [-0.15, -0.1) is 0 Å². The summed E-state index contributed by atoms with van der Waals surface area (Å²) in [5.41, 5.74) is 0.975. The average Bonchev–Trinajstić information content (AvgIpc) is 2.54. The maximum Gasteiger partial charge on any atom is 0.261 e. The van der Waals surface area contributed by atoms with Crippen molar-refractivity contribution in [3.05, 3.63) is 64.4 Å². The largest absolute Gasteiger partial charge is 0.326 e. The van der Waals surface area contributed by atoms with E-state index >= 15 is 0 Å². The van der Waals surface area contributed by atoms with E-state index in [4.69, 9.17) is 11.6 Å². The molecule has 0 radical (unpaired) electrons. The van der Waals surface area contributed by atoms with Crippen molar-refractivity contribution < 1.29 is 4.79 Å². The zero-order valence-corrected chi connectivity index (χ0v) is 12.8. The van der Waals surface area contributed by atoms with E-state index in [1.807, 2.05) is 0 Å². The molecule has 0 bridgehead atoms. The van der Waals surface area contributed by atoms with Gasteiger partial charge in [-0.2, -0.15) is 0 Å². The normalized spacial score (nSPS) is 10.7. The maximum atomic E-state index is 12.3. The summed E-state index contributed by atoms with van der Waals surface area (Å²) in [7, 11) is 0. The quantitative estimate of drug-likeness (QED) is 0.798. The van der Waals surface area contributed by atoms with Crippen LogP contribution < -0.4 is 10.9 Å². The molecular weight excluding hydrogens is 316 g/mol. The molecule has 0 fully saturated rings. The number of pyridine rings is 1. The molecule has 6 nitrogen and oxygen atoms in total. The Morgan fingerprint density at radius 1 is 1.30 bits per heavy atom. The molecule has 1 amide bonds. The first kappa shape index (κ1) is 15.2. The number of nitrogens with zero attached hydrogens (tertiary/aromatic N) is 3. The topological polar surface area (TPSA) is 76.9 Å². The summed E-state index contributed by atoms with van der Waals surface area (Å²) in [5, 5.41) is 3.77. The number of amides is 1. The summed E-state index contributed by atoms with van der Waals surface area (Å²) < 4.78 is 1.42. The van der Waals surface area contributed by atoms with Crippen LogP contribution in [0.4, 0.5) is 5.69 Å². The van der Waals surface area contributed by atoms with E-state index in [0.717, 1.165) is 0 Å². The van der Waals surface area contributed by atoms with Crippen LogP contribution in [0, 0.1) is 0 Å². The van der Waals surface area contributed by atoms with E-state index in [1.165, 1.54) is 17.1 Å². The molecule has 1 aromatic carbocycles. The van der Waals surface area contributed by atoms with Crippen LogP contribution in [0.2, 0.25) is 5.02 Å². The number of rotatable bonds is 4. The van der Waals surface area contributed by atoms with Crippen LogP contribution in [-0.4, -0.2) is 20.4 Å². The fourth-order valence-corrected chi connectivity index (χ4v) is 2.37.